The molecule has 0 radical (unpaired) electrons. The largest absolute Gasteiger partial charge is 0.416 e. The summed E-state index contributed by atoms with van der Waals surface area (Å²) >= 11 is 5.08. The third-order valence-electron chi connectivity index (χ3n) is 2.58. The molecule has 1 saturated heterocycles. The normalized spacial score (nSPS) is 20.6. The summed E-state index contributed by atoms with van der Waals surface area (Å²) < 4.78 is 38.4. The summed E-state index contributed by atoms with van der Waals surface area (Å²) in [5.74, 6) is 2.01. The maximum absolute atomic E-state index is 12.6. The number of hydrogen-bond donors (Lipinski definition) is 1. The molecule has 17 heavy (non-hydrogen) atoms. The summed E-state index contributed by atoms with van der Waals surface area (Å²) in [6.07, 6.45) is -3.30. The van der Waals surface area contributed by atoms with Gasteiger partial charge in [0.25, 0.3) is 0 Å². The average molecular weight is 326 g/mol. The van der Waals surface area contributed by atoms with Crippen LogP contribution in [0.4, 0.5) is 18.9 Å². The maximum atomic E-state index is 12.6. The van der Waals surface area contributed by atoms with Crippen LogP contribution in [0.3, 0.4) is 0 Å². The fraction of sp³-hybridized carbons (Fsp3) is 0.455. The zero-order valence-electron chi connectivity index (χ0n) is 8.85. The van der Waals surface area contributed by atoms with Gasteiger partial charge in [-0.1, -0.05) is 0 Å². The van der Waals surface area contributed by atoms with Gasteiger partial charge < -0.3 is 5.32 Å². The van der Waals surface area contributed by atoms with E-state index >= 15 is 0 Å². The van der Waals surface area contributed by atoms with E-state index in [1.165, 1.54) is 6.07 Å². The van der Waals surface area contributed by atoms with E-state index in [4.69, 9.17) is 0 Å². The number of thioether (sulfide) groups is 1. The molecular formula is C11H11BrF3NS. The topological polar surface area (TPSA) is 12.0 Å². The van der Waals surface area contributed by atoms with E-state index in [2.05, 4.69) is 21.2 Å². The highest BCUT2D eigenvalue weighted by Crippen LogP contribution is 2.35. The molecule has 0 amide bonds. The van der Waals surface area contributed by atoms with E-state index in [1.807, 2.05) is 11.8 Å². The predicted molar refractivity (Wildman–Crippen MR) is 68.5 cm³/mol. The lowest BCUT2D eigenvalue weighted by Crippen LogP contribution is -2.19. The quantitative estimate of drug-likeness (QED) is 0.865. The number of anilines is 1. The molecule has 6 heteroatoms. The van der Waals surface area contributed by atoms with Crippen LogP contribution in [0.25, 0.3) is 0 Å². The SMILES string of the molecule is FC(F)(F)c1ccc(Br)c(NC2CCSC2)c1. The first-order valence-corrected chi connectivity index (χ1v) is 7.12. The predicted octanol–water partition coefficient (Wildman–Crippen LogP) is 4.39. The minimum atomic E-state index is -4.29. The lowest BCUT2D eigenvalue weighted by atomic mass is 10.1. The van der Waals surface area contributed by atoms with Crippen molar-refractivity contribution in [1.29, 1.82) is 0 Å². The van der Waals surface area contributed by atoms with Crippen LogP contribution in [0.2, 0.25) is 0 Å². The van der Waals surface area contributed by atoms with Gasteiger partial charge in [0, 0.05) is 22.0 Å². The van der Waals surface area contributed by atoms with E-state index < -0.39 is 11.7 Å². The zero-order chi connectivity index (χ0) is 12.5. The van der Waals surface area contributed by atoms with Crippen LogP contribution in [0, 0.1) is 0 Å². The Morgan fingerprint density at radius 2 is 2.12 bits per heavy atom. The Balaban J connectivity index is 2.20. The number of nitrogens with one attached hydrogen (secondary N) is 1. The van der Waals surface area contributed by atoms with Gasteiger partial charge >= 0.3 is 6.18 Å². The first-order chi connectivity index (χ1) is 7.97. The highest BCUT2D eigenvalue weighted by atomic mass is 79.9. The van der Waals surface area contributed by atoms with Crippen molar-refractivity contribution >= 4 is 33.4 Å². The van der Waals surface area contributed by atoms with Crippen molar-refractivity contribution in [1.82, 2.24) is 0 Å². The van der Waals surface area contributed by atoms with Crippen molar-refractivity contribution in [3.05, 3.63) is 28.2 Å². The summed E-state index contributed by atoms with van der Waals surface area (Å²) in [4.78, 5) is 0. The van der Waals surface area contributed by atoms with E-state index in [1.54, 1.807) is 0 Å². The monoisotopic (exact) mass is 325 g/mol. The molecule has 1 unspecified atom stereocenters. The lowest BCUT2D eigenvalue weighted by Gasteiger charge is -2.16. The van der Waals surface area contributed by atoms with E-state index in [0.717, 1.165) is 30.1 Å². The van der Waals surface area contributed by atoms with Gasteiger partial charge in [0.15, 0.2) is 0 Å². The van der Waals surface area contributed by atoms with Crippen LogP contribution in [-0.2, 0) is 6.18 Å². The Kier molecular flexibility index (Phi) is 3.92. The van der Waals surface area contributed by atoms with Crippen LogP contribution in [0.5, 0.6) is 0 Å². The lowest BCUT2D eigenvalue weighted by molar-refractivity contribution is -0.137. The summed E-state index contributed by atoms with van der Waals surface area (Å²) in [6.45, 7) is 0. The van der Waals surface area contributed by atoms with Gasteiger partial charge in [-0.05, 0) is 46.3 Å². The molecule has 1 nitrogen and oxygen atoms in total. The Labute approximate surface area is 110 Å². The van der Waals surface area contributed by atoms with Crippen LogP contribution in [0.1, 0.15) is 12.0 Å². The van der Waals surface area contributed by atoms with Gasteiger partial charge in [-0.15, -0.1) is 0 Å². The first-order valence-electron chi connectivity index (χ1n) is 5.18. The molecule has 0 spiro atoms. The molecule has 1 atom stereocenters. The highest BCUT2D eigenvalue weighted by molar-refractivity contribution is 9.10. The standard InChI is InChI=1S/C11H11BrF3NS/c12-9-2-1-7(11(13,14)15)5-10(9)16-8-3-4-17-6-8/h1-2,5,8,16H,3-4,6H2. The fourth-order valence-corrected chi connectivity index (χ4v) is 3.19. The number of hydrogen-bond acceptors (Lipinski definition) is 2. The second-order valence-corrected chi connectivity index (χ2v) is 5.90. The smallest absolute Gasteiger partial charge is 0.381 e. The molecule has 0 saturated carbocycles. The summed E-state index contributed by atoms with van der Waals surface area (Å²) in [5, 5.41) is 3.15. The molecule has 1 fully saturated rings. The Morgan fingerprint density at radius 1 is 1.35 bits per heavy atom. The van der Waals surface area contributed by atoms with Crippen LogP contribution in [-0.4, -0.2) is 17.5 Å². The van der Waals surface area contributed by atoms with Gasteiger partial charge in [0.2, 0.25) is 0 Å². The Morgan fingerprint density at radius 3 is 2.71 bits per heavy atom. The fourth-order valence-electron chi connectivity index (χ4n) is 1.68. The van der Waals surface area contributed by atoms with Crippen molar-refractivity contribution in [3.8, 4) is 0 Å². The van der Waals surface area contributed by atoms with Crippen LogP contribution >= 0.6 is 27.7 Å². The third-order valence-corrected chi connectivity index (χ3v) is 4.44. The maximum Gasteiger partial charge on any atom is 0.416 e. The second-order valence-electron chi connectivity index (χ2n) is 3.90. The number of benzene rings is 1. The highest BCUT2D eigenvalue weighted by Gasteiger charge is 2.31. The molecule has 1 aliphatic heterocycles. The minimum absolute atomic E-state index is 0.264. The molecule has 2 rings (SSSR count). The molecule has 1 heterocycles. The molecule has 0 aliphatic carbocycles. The van der Waals surface area contributed by atoms with Crippen LogP contribution in [0.15, 0.2) is 22.7 Å². The van der Waals surface area contributed by atoms with Crippen molar-refractivity contribution in [2.45, 2.75) is 18.6 Å². The van der Waals surface area contributed by atoms with Crippen molar-refractivity contribution in [2.24, 2.45) is 0 Å². The number of rotatable bonds is 2. The minimum Gasteiger partial charge on any atom is -0.381 e. The van der Waals surface area contributed by atoms with Crippen LogP contribution < -0.4 is 5.32 Å². The first kappa shape index (κ1) is 13.1. The molecule has 1 aliphatic rings. The molecule has 1 aromatic carbocycles. The summed E-state index contributed by atoms with van der Waals surface area (Å²) in [5.41, 5.74) is -0.0961. The molecule has 1 aromatic rings. The second kappa shape index (κ2) is 5.10. The van der Waals surface area contributed by atoms with E-state index in [-0.39, 0.29) is 6.04 Å². The molecular weight excluding hydrogens is 315 g/mol. The van der Waals surface area contributed by atoms with Crippen molar-refractivity contribution in [2.75, 3.05) is 16.8 Å². The summed E-state index contributed by atoms with van der Waals surface area (Å²) in [6, 6.07) is 3.94. The molecule has 0 bridgehead atoms. The van der Waals surface area contributed by atoms with Crippen molar-refractivity contribution < 1.29 is 13.2 Å². The average Bonchev–Trinajstić information content (AvgIpc) is 2.72. The van der Waals surface area contributed by atoms with Gasteiger partial charge in [-0.25, -0.2) is 0 Å². The number of alkyl halides is 3. The van der Waals surface area contributed by atoms with Gasteiger partial charge in [0.1, 0.15) is 0 Å². The number of halogens is 4. The Hall–Kier alpha value is -0.360. The third kappa shape index (κ3) is 3.31. The Bertz CT molecular complexity index is 402. The van der Waals surface area contributed by atoms with E-state index in [9.17, 15) is 13.2 Å². The summed E-state index contributed by atoms with van der Waals surface area (Å²) in [7, 11) is 0. The molecule has 0 aromatic heterocycles. The van der Waals surface area contributed by atoms with Gasteiger partial charge in [-0.3, -0.25) is 0 Å². The van der Waals surface area contributed by atoms with Crippen molar-refractivity contribution in [3.63, 3.8) is 0 Å². The molecule has 94 valence electrons. The zero-order valence-corrected chi connectivity index (χ0v) is 11.3. The molecule has 1 N–H and O–H groups in total. The van der Waals surface area contributed by atoms with Gasteiger partial charge in [-0.2, -0.15) is 24.9 Å². The van der Waals surface area contributed by atoms with E-state index in [0.29, 0.717) is 10.2 Å². The van der Waals surface area contributed by atoms with Gasteiger partial charge in [0.05, 0.1) is 5.56 Å².